The second-order valence-corrected chi connectivity index (χ2v) is 6.08. The van der Waals surface area contributed by atoms with Gasteiger partial charge in [-0.05, 0) is 60.1 Å². The summed E-state index contributed by atoms with van der Waals surface area (Å²) in [4.78, 5) is 0. The molecule has 1 aliphatic rings. The number of ether oxygens (including phenoxy) is 1. The molecule has 0 unspecified atom stereocenters. The highest BCUT2D eigenvalue weighted by atomic mass is 127. The smallest absolute Gasteiger partial charge is 0.122 e. The first-order chi connectivity index (χ1) is 9.15. The highest BCUT2D eigenvalue weighted by Crippen LogP contribution is 2.26. The molecule has 19 heavy (non-hydrogen) atoms. The lowest BCUT2D eigenvalue weighted by Gasteiger charge is -2.06. The Balaban J connectivity index is 1.74. The largest absolute Gasteiger partial charge is 0.493 e. The lowest BCUT2D eigenvalue weighted by molar-refractivity contribution is 0.357. The molecule has 0 atom stereocenters. The molecule has 0 amide bonds. The van der Waals surface area contributed by atoms with E-state index in [9.17, 15) is 0 Å². The maximum atomic E-state index is 5.54. The standard InChI is InChI=1S/C15H17IN2O/c1-10-15(16)11(2)18(17-10)7-5-12-3-4-14-13(9-12)6-8-19-14/h3-4,9H,5-8H2,1-2H3. The van der Waals surface area contributed by atoms with Crippen LogP contribution in [0.3, 0.4) is 0 Å². The monoisotopic (exact) mass is 368 g/mol. The van der Waals surface area contributed by atoms with Crippen molar-refractivity contribution < 1.29 is 4.74 Å². The molecule has 1 aromatic carbocycles. The lowest BCUT2D eigenvalue weighted by Crippen LogP contribution is -2.05. The van der Waals surface area contributed by atoms with Gasteiger partial charge >= 0.3 is 0 Å². The van der Waals surface area contributed by atoms with Crippen molar-refractivity contribution in [3.05, 3.63) is 44.3 Å². The molecule has 1 aromatic heterocycles. The van der Waals surface area contributed by atoms with Crippen LogP contribution in [0.4, 0.5) is 0 Å². The Morgan fingerprint density at radius 3 is 2.95 bits per heavy atom. The van der Waals surface area contributed by atoms with Crippen molar-refractivity contribution in [2.75, 3.05) is 6.61 Å². The van der Waals surface area contributed by atoms with E-state index in [1.807, 2.05) is 0 Å². The van der Waals surface area contributed by atoms with Gasteiger partial charge in [0.1, 0.15) is 5.75 Å². The van der Waals surface area contributed by atoms with Gasteiger partial charge in [-0.2, -0.15) is 5.10 Å². The topological polar surface area (TPSA) is 27.1 Å². The predicted molar refractivity (Wildman–Crippen MR) is 83.8 cm³/mol. The second kappa shape index (κ2) is 5.15. The van der Waals surface area contributed by atoms with E-state index in [4.69, 9.17) is 4.74 Å². The number of hydrogen-bond acceptors (Lipinski definition) is 2. The fraction of sp³-hybridized carbons (Fsp3) is 0.400. The van der Waals surface area contributed by atoms with E-state index >= 15 is 0 Å². The summed E-state index contributed by atoms with van der Waals surface area (Å²) in [6.45, 7) is 5.97. The highest BCUT2D eigenvalue weighted by Gasteiger charge is 2.12. The van der Waals surface area contributed by atoms with Gasteiger partial charge in [-0.25, -0.2) is 0 Å². The van der Waals surface area contributed by atoms with E-state index in [0.29, 0.717) is 0 Å². The van der Waals surface area contributed by atoms with E-state index in [1.54, 1.807) is 0 Å². The van der Waals surface area contributed by atoms with Gasteiger partial charge in [0.2, 0.25) is 0 Å². The third-order valence-electron chi connectivity index (χ3n) is 3.66. The van der Waals surface area contributed by atoms with Gasteiger partial charge in [-0.3, -0.25) is 4.68 Å². The summed E-state index contributed by atoms with van der Waals surface area (Å²) in [7, 11) is 0. The van der Waals surface area contributed by atoms with Crippen LogP contribution < -0.4 is 4.74 Å². The normalized spacial score (nSPS) is 13.4. The Hall–Kier alpha value is -1.04. The van der Waals surface area contributed by atoms with Crippen LogP contribution in [0.25, 0.3) is 0 Å². The summed E-state index contributed by atoms with van der Waals surface area (Å²) in [5.41, 5.74) is 5.11. The molecule has 0 N–H and O–H groups in total. The van der Waals surface area contributed by atoms with Gasteiger partial charge in [0.15, 0.2) is 0 Å². The molecule has 2 heterocycles. The number of fused-ring (bicyclic) bond motifs is 1. The number of hydrogen-bond donors (Lipinski definition) is 0. The van der Waals surface area contributed by atoms with Crippen LogP contribution in [0.1, 0.15) is 22.5 Å². The highest BCUT2D eigenvalue weighted by molar-refractivity contribution is 14.1. The molecule has 3 rings (SSSR count). The van der Waals surface area contributed by atoms with Crippen molar-refractivity contribution in [3.63, 3.8) is 0 Å². The van der Waals surface area contributed by atoms with Crippen LogP contribution in [0.5, 0.6) is 5.75 Å². The van der Waals surface area contributed by atoms with Crippen molar-refractivity contribution in [1.29, 1.82) is 0 Å². The molecule has 0 saturated carbocycles. The number of aromatic nitrogens is 2. The molecule has 2 aromatic rings. The number of nitrogens with zero attached hydrogens (tertiary/aromatic N) is 2. The number of rotatable bonds is 3. The predicted octanol–water partition coefficient (Wildman–Crippen LogP) is 3.28. The quantitative estimate of drug-likeness (QED) is 0.778. The van der Waals surface area contributed by atoms with Crippen molar-refractivity contribution in [3.8, 4) is 5.75 Å². The van der Waals surface area contributed by atoms with Gasteiger partial charge in [0.05, 0.1) is 15.9 Å². The molecule has 0 spiro atoms. The number of halogens is 1. The first kappa shape index (κ1) is 13.0. The zero-order valence-electron chi connectivity index (χ0n) is 11.2. The molecule has 0 aliphatic carbocycles. The molecule has 0 saturated heterocycles. The summed E-state index contributed by atoms with van der Waals surface area (Å²) in [6.07, 6.45) is 2.06. The molecule has 0 radical (unpaired) electrons. The molecule has 1 aliphatic heterocycles. The minimum Gasteiger partial charge on any atom is -0.493 e. The Morgan fingerprint density at radius 2 is 2.21 bits per heavy atom. The summed E-state index contributed by atoms with van der Waals surface area (Å²) >= 11 is 2.37. The van der Waals surface area contributed by atoms with Crippen molar-refractivity contribution in [2.24, 2.45) is 0 Å². The Morgan fingerprint density at radius 1 is 1.37 bits per heavy atom. The fourth-order valence-corrected chi connectivity index (χ4v) is 2.91. The van der Waals surface area contributed by atoms with E-state index in [1.165, 1.54) is 20.4 Å². The maximum Gasteiger partial charge on any atom is 0.122 e. The molecule has 0 fully saturated rings. The zero-order chi connectivity index (χ0) is 13.4. The van der Waals surface area contributed by atoms with Crippen LogP contribution in [0.15, 0.2) is 18.2 Å². The number of aryl methyl sites for hydroxylation is 3. The van der Waals surface area contributed by atoms with Gasteiger partial charge < -0.3 is 4.74 Å². The Labute approximate surface area is 127 Å². The molecular weight excluding hydrogens is 351 g/mol. The molecule has 0 bridgehead atoms. The third kappa shape index (κ3) is 2.50. The van der Waals surface area contributed by atoms with Crippen LogP contribution in [0, 0.1) is 17.4 Å². The number of benzene rings is 1. The van der Waals surface area contributed by atoms with Crippen molar-refractivity contribution in [1.82, 2.24) is 9.78 Å². The summed E-state index contributed by atoms with van der Waals surface area (Å²) in [5.74, 6) is 1.06. The lowest BCUT2D eigenvalue weighted by atomic mass is 10.1. The molecule has 100 valence electrons. The van der Waals surface area contributed by atoms with Crippen LogP contribution in [0.2, 0.25) is 0 Å². The first-order valence-corrected chi connectivity index (χ1v) is 7.67. The van der Waals surface area contributed by atoms with Crippen LogP contribution >= 0.6 is 22.6 Å². The minimum atomic E-state index is 0.828. The molecular formula is C15H17IN2O. The minimum absolute atomic E-state index is 0.828. The average Bonchev–Trinajstić information content (AvgIpc) is 2.96. The molecule has 3 nitrogen and oxygen atoms in total. The van der Waals surface area contributed by atoms with Gasteiger partial charge in [-0.1, -0.05) is 12.1 Å². The zero-order valence-corrected chi connectivity index (χ0v) is 13.4. The van der Waals surface area contributed by atoms with Gasteiger partial charge in [0, 0.05) is 18.7 Å². The van der Waals surface area contributed by atoms with Crippen LogP contribution in [-0.4, -0.2) is 16.4 Å². The van der Waals surface area contributed by atoms with Gasteiger partial charge in [0.25, 0.3) is 0 Å². The molecule has 4 heteroatoms. The maximum absolute atomic E-state index is 5.54. The second-order valence-electron chi connectivity index (χ2n) is 5.00. The summed E-state index contributed by atoms with van der Waals surface area (Å²) in [6, 6.07) is 6.54. The Kier molecular flexibility index (Phi) is 3.52. The van der Waals surface area contributed by atoms with E-state index < -0.39 is 0 Å². The van der Waals surface area contributed by atoms with Gasteiger partial charge in [-0.15, -0.1) is 0 Å². The summed E-state index contributed by atoms with van der Waals surface area (Å²) < 4.78 is 8.93. The van der Waals surface area contributed by atoms with Crippen LogP contribution in [-0.2, 0) is 19.4 Å². The Bertz CT molecular complexity index is 619. The van der Waals surface area contributed by atoms with E-state index in [2.05, 4.69) is 64.4 Å². The van der Waals surface area contributed by atoms with E-state index in [0.717, 1.165) is 37.4 Å². The fourth-order valence-electron chi connectivity index (χ4n) is 2.52. The van der Waals surface area contributed by atoms with Crippen molar-refractivity contribution >= 4 is 22.6 Å². The average molecular weight is 368 g/mol. The summed E-state index contributed by atoms with van der Waals surface area (Å²) in [5, 5.41) is 4.58. The SMILES string of the molecule is Cc1nn(CCc2ccc3c(c2)CCO3)c(C)c1I. The first-order valence-electron chi connectivity index (χ1n) is 6.59. The third-order valence-corrected chi connectivity index (χ3v) is 5.22. The van der Waals surface area contributed by atoms with E-state index in [-0.39, 0.29) is 0 Å². The van der Waals surface area contributed by atoms with Crippen molar-refractivity contribution in [2.45, 2.75) is 33.2 Å².